The lowest BCUT2D eigenvalue weighted by molar-refractivity contribution is -0.141. The molecule has 25 heavy (non-hydrogen) atoms. The molecule has 0 spiro atoms. The van der Waals surface area contributed by atoms with E-state index in [4.69, 9.17) is 0 Å². The summed E-state index contributed by atoms with van der Waals surface area (Å²) in [6.07, 6.45) is 12.4. The Morgan fingerprint density at radius 2 is 1.64 bits per heavy atom. The van der Waals surface area contributed by atoms with Crippen LogP contribution in [0.4, 0.5) is 0 Å². The second kappa shape index (κ2) is 5.83. The smallest absolute Gasteiger partial charge is 0.247 e. The van der Waals surface area contributed by atoms with E-state index in [0.29, 0.717) is 5.54 Å². The topological polar surface area (TPSA) is 41.4 Å². The molecule has 1 amide bonds. The van der Waals surface area contributed by atoms with Crippen LogP contribution in [0.15, 0.2) is 18.5 Å². The minimum absolute atomic E-state index is 0.193. The van der Waals surface area contributed by atoms with Crippen LogP contribution < -0.4 is 0 Å². The van der Waals surface area contributed by atoms with Crippen molar-refractivity contribution in [2.45, 2.75) is 57.0 Å². The largest absolute Gasteiger partial charge is 0.338 e. The predicted octanol–water partition coefficient (Wildman–Crippen LogP) is 2.56. The fourth-order valence-corrected chi connectivity index (χ4v) is 6.74. The molecule has 136 valence electrons. The van der Waals surface area contributed by atoms with Gasteiger partial charge in [-0.2, -0.15) is 5.10 Å². The summed E-state index contributed by atoms with van der Waals surface area (Å²) < 4.78 is 1.77. The van der Waals surface area contributed by atoms with Gasteiger partial charge in [0, 0.05) is 44.1 Å². The van der Waals surface area contributed by atoms with Gasteiger partial charge < -0.3 is 4.90 Å². The number of carbonyl (C=O) groups excluding carboxylic acids is 1. The van der Waals surface area contributed by atoms with Crippen molar-refractivity contribution in [3.63, 3.8) is 0 Å². The van der Waals surface area contributed by atoms with Gasteiger partial charge in [0.2, 0.25) is 5.91 Å². The van der Waals surface area contributed by atoms with Crippen LogP contribution >= 0.6 is 0 Å². The zero-order chi connectivity index (χ0) is 17.0. The first-order valence-corrected chi connectivity index (χ1v) is 10.2. The highest BCUT2D eigenvalue weighted by Gasteiger charge is 2.53. The summed E-state index contributed by atoms with van der Waals surface area (Å²) in [7, 11) is 0. The molecule has 5 nitrogen and oxygen atoms in total. The summed E-state index contributed by atoms with van der Waals surface area (Å²) in [5, 5.41) is 4.23. The number of piperazine rings is 1. The summed E-state index contributed by atoms with van der Waals surface area (Å²) in [4.78, 5) is 17.6. The van der Waals surface area contributed by atoms with Gasteiger partial charge in [-0.15, -0.1) is 0 Å². The van der Waals surface area contributed by atoms with Gasteiger partial charge in [-0.3, -0.25) is 14.4 Å². The van der Waals surface area contributed by atoms with Gasteiger partial charge in [-0.1, -0.05) is 0 Å². The fourth-order valence-electron chi connectivity index (χ4n) is 6.74. The molecule has 1 aromatic heterocycles. The summed E-state index contributed by atoms with van der Waals surface area (Å²) in [6.45, 7) is 5.84. The number of hydrogen-bond acceptors (Lipinski definition) is 3. The molecule has 5 heteroatoms. The third-order valence-electron chi connectivity index (χ3n) is 7.55. The molecule has 4 aliphatic carbocycles. The summed E-state index contributed by atoms with van der Waals surface area (Å²) in [5.74, 6) is 3.19. The van der Waals surface area contributed by atoms with Gasteiger partial charge in [-0.25, -0.2) is 0 Å². The molecular formula is C20H30N4O. The van der Waals surface area contributed by atoms with Crippen molar-refractivity contribution in [1.82, 2.24) is 19.6 Å². The summed E-state index contributed by atoms with van der Waals surface area (Å²) in [6, 6.07) is 1.69. The third kappa shape index (κ3) is 2.62. The van der Waals surface area contributed by atoms with Gasteiger partial charge >= 0.3 is 0 Å². The van der Waals surface area contributed by atoms with E-state index in [0.717, 1.165) is 43.9 Å². The minimum atomic E-state index is -0.193. The molecule has 6 rings (SSSR count). The molecule has 0 N–H and O–H groups in total. The van der Waals surface area contributed by atoms with Crippen molar-refractivity contribution in [3.05, 3.63) is 18.5 Å². The van der Waals surface area contributed by atoms with Crippen LogP contribution in [-0.2, 0) is 4.79 Å². The molecule has 4 saturated carbocycles. The normalized spacial score (nSPS) is 38.9. The van der Waals surface area contributed by atoms with Crippen molar-refractivity contribution in [3.8, 4) is 0 Å². The Labute approximate surface area is 150 Å². The molecule has 5 fully saturated rings. The quantitative estimate of drug-likeness (QED) is 0.848. The highest BCUT2D eigenvalue weighted by Crippen LogP contribution is 2.57. The zero-order valence-corrected chi connectivity index (χ0v) is 15.3. The third-order valence-corrected chi connectivity index (χ3v) is 7.55. The van der Waals surface area contributed by atoms with E-state index in [1.165, 1.54) is 38.5 Å². The average Bonchev–Trinajstić information content (AvgIpc) is 3.14. The Balaban J connectivity index is 1.24. The van der Waals surface area contributed by atoms with Crippen LogP contribution in [0.3, 0.4) is 0 Å². The molecule has 1 aromatic rings. The zero-order valence-electron chi connectivity index (χ0n) is 15.3. The van der Waals surface area contributed by atoms with E-state index in [1.54, 1.807) is 10.9 Å². The van der Waals surface area contributed by atoms with E-state index in [1.807, 2.05) is 19.2 Å². The Hall–Kier alpha value is -1.36. The molecule has 1 aliphatic heterocycles. The SMILES string of the molecule is CC(C(=O)N1CCN(C23CC4CC(CC(C4)C2)C3)CC1)n1cccn1. The average molecular weight is 342 g/mol. The van der Waals surface area contributed by atoms with Crippen LogP contribution in [0.1, 0.15) is 51.5 Å². The minimum Gasteiger partial charge on any atom is -0.338 e. The van der Waals surface area contributed by atoms with Gasteiger partial charge in [-0.05, 0) is 69.3 Å². The monoisotopic (exact) mass is 342 g/mol. The molecule has 1 unspecified atom stereocenters. The van der Waals surface area contributed by atoms with E-state index >= 15 is 0 Å². The fraction of sp³-hybridized carbons (Fsp3) is 0.800. The number of carbonyl (C=O) groups is 1. The summed E-state index contributed by atoms with van der Waals surface area (Å²) >= 11 is 0. The first-order chi connectivity index (χ1) is 12.1. The molecular weight excluding hydrogens is 312 g/mol. The maximum Gasteiger partial charge on any atom is 0.247 e. The van der Waals surface area contributed by atoms with Crippen LogP contribution in [0.25, 0.3) is 0 Å². The van der Waals surface area contributed by atoms with Crippen LogP contribution in [0.2, 0.25) is 0 Å². The van der Waals surface area contributed by atoms with E-state index in [-0.39, 0.29) is 11.9 Å². The maximum absolute atomic E-state index is 12.8. The highest BCUT2D eigenvalue weighted by atomic mass is 16.2. The Kier molecular flexibility index (Phi) is 3.70. The number of amides is 1. The summed E-state index contributed by atoms with van der Waals surface area (Å²) in [5.41, 5.74) is 0.484. The maximum atomic E-state index is 12.8. The molecule has 2 heterocycles. The molecule has 4 bridgehead atoms. The molecule has 1 atom stereocenters. The van der Waals surface area contributed by atoms with Crippen molar-refractivity contribution in [2.24, 2.45) is 17.8 Å². The van der Waals surface area contributed by atoms with E-state index in [2.05, 4.69) is 14.9 Å². The molecule has 1 saturated heterocycles. The Bertz CT molecular complexity index is 597. The lowest BCUT2D eigenvalue weighted by Crippen LogP contribution is -2.64. The Morgan fingerprint density at radius 1 is 1.04 bits per heavy atom. The molecule has 0 radical (unpaired) electrons. The number of aromatic nitrogens is 2. The molecule has 0 aromatic carbocycles. The van der Waals surface area contributed by atoms with Gasteiger partial charge in [0.15, 0.2) is 0 Å². The van der Waals surface area contributed by atoms with Crippen LogP contribution in [0.5, 0.6) is 0 Å². The van der Waals surface area contributed by atoms with Gasteiger partial charge in [0.05, 0.1) is 0 Å². The van der Waals surface area contributed by atoms with Gasteiger partial charge in [0.25, 0.3) is 0 Å². The van der Waals surface area contributed by atoms with Gasteiger partial charge in [0.1, 0.15) is 6.04 Å². The van der Waals surface area contributed by atoms with Crippen molar-refractivity contribution in [1.29, 1.82) is 0 Å². The number of nitrogens with zero attached hydrogens (tertiary/aromatic N) is 4. The standard InChI is InChI=1S/C20H30N4O/c1-15(24-4-2-3-21-24)19(25)22-5-7-23(8-6-22)20-12-16-9-17(13-20)11-18(10-16)14-20/h2-4,15-18H,5-14H2,1H3. The van der Waals surface area contributed by atoms with E-state index < -0.39 is 0 Å². The second-order valence-corrected chi connectivity index (χ2v) is 9.12. The number of rotatable bonds is 3. The number of hydrogen-bond donors (Lipinski definition) is 0. The molecule has 5 aliphatic rings. The first-order valence-electron chi connectivity index (χ1n) is 10.2. The van der Waals surface area contributed by atoms with Crippen molar-refractivity contribution >= 4 is 5.91 Å². The highest BCUT2D eigenvalue weighted by molar-refractivity contribution is 5.80. The Morgan fingerprint density at radius 3 is 2.16 bits per heavy atom. The lowest BCUT2D eigenvalue weighted by atomic mass is 9.52. The van der Waals surface area contributed by atoms with Crippen LogP contribution in [0, 0.1) is 17.8 Å². The first kappa shape index (κ1) is 15.9. The predicted molar refractivity (Wildman–Crippen MR) is 96.0 cm³/mol. The lowest BCUT2D eigenvalue weighted by Gasteiger charge is -2.61. The van der Waals surface area contributed by atoms with Crippen molar-refractivity contribution < 1.29 is 4.79 Å². The van der Waals surface area contributed by atoms with E-state index in [9.17, 15) is 4.79 Å². The van der Waals surface area contributed by atoms with Crippen molar-refractivity contribution in [2.75, 3.05) is 26.2 Å². The second-order valence-electron chi connectivity index (χ2n) is 9.12. The van der Waals surface area contributed by atoms with Crippen LogP contribution in [-0.4, -0.2) is 57.2 Å².